The Morgan fingerprint density at radius 1 is 1.15 bits per heavy atom. The van der Waals surface area contributed by atoms with Gasteiger partial charge in [0.1, 0.15) is 22.1 Å². The molecule has 0 spiro atoms. The molecule has 4 aromatic rings. The number of anilines is 2. The number of hydrogen-bond acceptors (Lipinski definition) is 8. The summed E-state index contributed by atoms with van der Waals surface area (Å²) in [6, 6.07) is 12.9. The van der Waals surface area contributed by atoms with Crippen LogP contribution < -0.4 is 20.3 Å². The molecule has 0 radical (unpaired) electrons. The summed E-state index contributed by atoms with van der Waals surface area (Å²) in [4.78, 5) is 19.4. The van der Waals surface area contributed by atoms with Crippen molar-refractivity contribution in [2.75, 3.05) is 36.9 Å². The van der Waals surface area contributed by atoms with Crippen molar-refractivity contribution in [1.29, 1.82) is 0 Å². The molecule has 1 aliphatic rings. The van der Waals surface area contributed by atoms with Crippen molar-refractivity contribution in [2.24, 2.45) is 5.92 Å². The summed E-state index contributed by atoms with van der Waals surface area (Å²) in [6.45, 7) is 1.52. The van der Waals surface area contributed by atoms with Crippen LogP contribution in [0.1, 0.15) is 24.1 Å². The molecule has 5 rings (SSSR count). The van der Waals surface area contributed by atoms with E-state index in [9.17, 15) is 18.0 Å². The second kappa shape index (κ2) is 12.6. The summed E-state index contributed by atoms with van der Waals surface area (Å²) in [5.74, 6) is -0.337. The molecule has 2 aromatic carbocycles. The maximum Gasteiger partial charge on any atom is 0.422 e. The number of carbonyl (C=O) groups excluding carboxylic acids is 1. The quantitative estimate of drug-likeness (QED) is 0.249. The fraction of sp³-hybridized carbons (Fsp3) is 0.310. The van der Waals surface area contributed by atoms with Crippen molar-refractivity contribution < 1.29 is 22.7 Å². The Hall–Kier alpha value is -4.03. The predicted molar refractivity (Wildman–Crippen MR) is 152 cm³/mol. The summed E-state index contributed by atoms with van der Waals surface area (Å²) in [5, 5.41) is 15.9. The van der Waals surface area contributed by atoms with E-state index < -0.39 is 17.6 Å². The lowest BCUT2D eigenvalue weighted by molar-refractivity contribution is -0.138. The zero-order chi connectivity index (χ0) is 28.8. The van der Waals surface area contributed by atoms with Crippen LogP contribution in [0.5, 0.6) is 11.5 Å². The first kappa shape index (κ1) is 28.5. The number of ether oxygens (including phenoxy) is 1. The van der Waals surface area contributed by atoms with Gasteiger partial charge in [0.25, 0.3) is 0 Å². The number of nitrogens with one attached hydrogen (secondary N) is 2. The zero-order valence-corrected chi connectivity index (χ0v) is 23.1. The number of aromatic nitrogens is 3. The minimum atomic E-state index is -4.74. The molecule has 41 heavy (non-hydrogen) atoms. The zero-order valence-electron chi connectivity index (χ0n) is 22.3. The highest BCUT2D eigenvalue weighted by atomic mass is 32.1. The van der Waals surface area contributed by atoms with E-state index in [1.807, 2.05) is 7.05 Å². The van der Waals surface area contributed by atoms with Crippen LogP contribution in [-0.2, 0) is 17.4 Å². The van der Waals surface area contributed by atoms with Crippen molar-refractivity contribution in [3.8, 4) is 22.1 Å². The van der Waals surface area contributed by atoms with Crippen LogP contribution in [0.2, 0.25) is 0 Å². The van der Waals surface area contributed by atoms with Crippen LogP contribution in [0, 0.1) is 5.92 Å². The highest BCUT2D eigenvalue weighted by molar-refractivity contribution is 7.13. The van der Waals surface area contributed by atoms with Gasteiger partial charge in [-0.1, -0.05) is 18.2 Å². The summed E-state index contributed by atoms with van der Waals surface area (Å²) >= 11 is 1.35. The highest BCUT2D eigenvalue weighted by Gasteiger charge is 2.41. The number of rotatable bonds is 9. The SMILES string of the molecule is CNCC1CCCN(c2c(NC(=O)Cc3csc(-c4ccnnc4)n3)ccc(Oc3ccccc3)c2C(F)(F)F)C1. The average Bonchev–Trinajstić information content (AvgIpc) is 3.43. The second-order valence-electron chi connectivity index (χ2n) is 9.76. The number of hydrogen-bond donors (Lipinski definition) is 2. The van der Waals surface area contributed by atoms with E-state index in [2.05, 4.69) is 25.8 Å². The molecule has 1 saturated heterocycles. The summed E-state index contributed by atoms with van der Waals surface area (Å²) in [5.41, 5.74) is 0.367. The molecule has 0 aliphatic carbocycles. The van der Waals surface area contributed by atoms with Gasteiger partial charge < -0.3 is 20.3 Å². The van der Waals surface area contributed by atoms with E-state index in [4.69, 9.17) is 4.74 Å². The molecule has 0 saturated carbocycles. The van der Waals surface area contributed by atoms with Gasteiger partial charge in [0, 0.05) is 24.0 Å². The number of carbonyl (C=O) groups is 1. The first-order valence-electron chi connectivity index (χ1n) is 13.2. The molecule has 1 amide bonds. The fourth-order valence-electron chi connectivity index (χ4n) is 5.00. The van der Waals surface area contributed by atoms with Crippen molar-refractivity contribution in [3.05, 3.63) is 77.6 Å². The minimum absolute atomic E-state index is 0.0816. The Labute approximate surface area is 239 Å². The van der Waals surface area contributed by atoms with Gasteiger partial charge in [-0.2, -0.15) is 23.4 Å². The minimum Gasteiger partial charge on any atom is -0.457 e. The molecule has 214 valence electrons. The predicted octanol–water partition coefficient (Wildman–Crippen LogP) is 6.03. The first-order chi connectivity index (χ1) is 19.8. The average molecular weight is 583 g/mol. The van der Waals surface area contributed by atoms with Gasteiger partial charge >= 0.3 is 6.18 Å². The number of alkyl halides is 3. The van der Waals surface area contributed by atoms with Crippen LogP contribution in [0.25, 0.3) is 10.6 Å². The molecular weight excluding hydrogens is 553 g/mol. The van der Waals surface area contributed by atoms with E-state index in [0.717, 1.165) is 18.4 Å². The molecule has 1 aliphatic heterocycles. The largest absolute Gasteiger partial charge is 0.457 e. The standard InChI is InChI=1S/C29H29F3N6O2S/c1-33-15-19-6-5-13-38(17-19)27-23(9-10-24(26(27)29(30,31)32)40-22-7-3-2-4-8-22)37-25(39)14-21-18-41-28(36-21)20-11-12-34-35-16-20/h2-4,7-12,16,18-19,33H,5-6,13-15,17H2,1H3,(H,37,39). The number of piperidine rings is 1. The third kappa shape index (κ3) is 7.01. The molecule has 12 heteroatoms. The Morgan fingerprint density at radius 3 is 2.71 bits per heavy atom. The smallest absolute Gasteiger partial charge is 0.422 e. The Kier molecular flexibility index (Phi) is 8.79. The molecule has 1 fully saturated rings. The number of para-hydroxylation sites is 1. The molecular formula is C29H29F3N6O2S. The summed E-state index contributed by atoms with van der Waals surface area (Å²) < 4.78 is 50.1. The Bertz CT molecular complexity index is 1460. The fourth-order valence-corrected chi connectivity index (χ4v) is 5.81. The van der Waals surface area contributed by atoms with Crippen LogP contribution in [-0.4, -0.2) is 47.8 Å². The molecule has 2 aromatic heterocycles. The number of halogens is 3. The van der Waals surface area contributed by atoms with Crippen molar-refractivity contribution >= 4 is 28.6 Å². The number of amides is 1. The second-order valence-corrected chi connectivity index (χ2v) is 10.6. The molecule has 2 N–H and O–H groups in total. The van der Waals surface area contributed by atoms with Gasteiger partial charge in [-0.15, -0.1) is 11.3 Å². The van der Waals surface area contributed by atoms with Crippen LogP contribution in [0.4, 0.5) is 24.5 Å². The molecule has 3 heterocycles. The molecule has 1 atom stereocenters. The highest BCUT2D eigenvalue weighted by Crippen LogP contribution is 2.48. The third-order valence-electron chi connectivity index (χ3n) is 6.72. The topological polar surface area (TPSA) is 92.3 Å². The first-order valence-corrected chi connectivity index (χ1v) is 14.1. The van der Waals surface area contributed by atoms with Crippen LogP contribution >= 0.6 is 11.3 Å². The van der Waals surface area contributed by atoms with Crippen molar-refractivity contribution in [1.82, 2.24) is 20.5 Å². The Balaban J connectivity index is 1.48. The lowest BCUT2D eigenvalue weighted by atomic mass is 9.96. The molecule has 0 bridgehead atoms. The monoisotopic (exact) mass is 582 g/mol. The number of thiazole rings is 1. The normalized spacial score (nSPS) is 15.5. The maximum absolute atomic E-state index is 14.8. The third-order valence-corrected chi connectivity index (χ3v) is 7.66. The lowest BCUT2D eigenvalue weighted by Gasteiger charge is -2.37. The summed E-state index contributed by atoms with van der Waals surface area (Å²) in [7, 11) is 1.83. The van der Waals surface area contributed by atoms with Crippen molar-refractivity contribution in [2.45, 2.75) is 25.4 Å². The van der Waals surface area contributed by atoms with Gasteiger partial charge in [-0.3, -0.25) is 4.79 Å². The molecule has 8 nitrogen and oxygen atoms in total. The van der Waals surface area contributed by atoms with Gasteiger partial charge in [-0.05, 0) is 62.7 Å². The van der Waals surface area contributed by atoms with Gasteiger partial charge in [0.2, 0.25) is 5.91 Å². The summed E-state index contributed by atoms with van der Waals surface area (Å²) in [6.07, 6.45) is -0.0760. The van der Waals surface area contributed by atoms with Gasteiger partial charge in [-0.25, -0.2) is 4.98 Å². The van der Waals surface area contributed by atoms with E-state index in [0.29, 0.717) is 30.3 Å². The van der Waals surface area contributed by atoms with E-state index in [1.54, 1.807) is 59.1 Å². The van der Waals surface area contributed by atoms with Gasteiger partial charge in [0.15, 0.2) is 0 Å². The van der Waals surface area contributed by atoms with E-state index in [1.165, 1.54) is 23.5 Å². The Morgan fingerprint density at radius 2 is 1.98 bits per heavy atom. The van der Waals surface area contributed by atoms with E-state index >= 15 is 0 Å². The molecule has 1 unspecified atom stereocenters. The van der Waals surface area contributed by atoms with E-state index in [-0.39, 0.29) is 35.2 Å². The maximum atomic E-state index is 14.8. The van der Waals surface area contributed by atoms with Crippen LogP contribution in [0.15, 0.2) is 66.3 Å². The lowest BCUT2D eigenvalue weighted by Crippen LogP contribution is -2.40. The number of benzene rings is 2. The van der Waals surface area contributed by atoms with Crippen molar-refractivity contribution in [3.63, 3.8) is 0 Å². The van der Waals surface area contributed by atoms with Crippen LogP contribution in [0.3, 0.4) is 0 Å². The van der Waals surface area contributed by atoms with Gasteiger partial charge in [0.05, 0.1) is 35.9 Å². The number of nitrogens with zero attached hydrogens (tertiary/aromatic N) is 4.